The van der Waals surface area contributed by atoms with Gasteiger partial charge in [-0.3, -0.25) is 5.41 Å². The maximum absolute atomic E-state index is 10.3. The van der Waals surface area contributed by atoms with Crippen molar-refractivity contribution >= 4 is 16.7 Å². The van der Waals surface area contributed by atoms with Gasteiger partial charge >= 0.3 is 0 Å². The monoisotopic (exact) mass is 409 g/mol. The number of nitrogens with zero attached hydrogens (tertiary/aromatic N) is 3. The summed E-state index contributed by atoms with van der Waals surface area (Å²) in [7, 11) is 0. The minimum absolute atomic E-state index is 0.116. The standard InChI is InChI=1S/C22H27N5O3/c1-2-3-4-11-29-17-8-7-14-12-16(6-5-15(14)13-17)20-25-21(30-26-20)19-18(28)9-10-27(19)22(23)24/h5-8,12-13,18-19,28H,2-4,9-11H2,1H3,(H3,23,24)/t18-,19?/m0/s1. The molecule has 30 heavy (non-hydrogen) atoms. The summed E-state index contributed by atoms with van der Waals surface area (Å²) >= 11 is 0. The molecule has 2 aromatic carbocycles. The number of benzene rings is 2. The van der Waals surface area contributed by atoms with E-state index < -0.39 is 12.1 Å². The fraction of sp³-hybridized carbons (Fsp3) is 0.409. The van der Waals surface area contributed by atoms with E-state index in [1.54, 1.807) is 4.90 Å². The molecule has 2 atom stereocenters. The summed E-state index contributed by atoms with van der Waals surface area (Å²) in [6.45, 7) is 3.39. The number of nitrogens with two attached hydrogens (primary N) is 1. The molecule has 0 saturated carbocycles. The second-order valence-corrected chi connectivity index (χ2v) is 7.62. The maximum atomic E-state index is 10.3. The predicted octanol–water partition coefficient (Wildman–Crippen LogP) is 3.46. The molecule has 1 aromatic heterocycles. The first-order chi connectivity index (χ1) is 14.6. The second-order valence-electron chi connectivity index (χ2n) is 7.62. The molecule has 158 valence electrons. The van der Waals surface area contributed by atoms with Crippen molar-refractivity contribution in [3.8, 4) is 17.1 Å². The normalized spacial score (nSPS) is 18.8. The molecule has 8 nitrogen and oxygen atoms in total. The highest BCUT2D eigenvalue weighted by Gasteiger charge is 2.39. The first-order valence-corrected chi connectivity index (χ1v) is 10.4. The molecule has 1 saturated heterocycles. The van der Waals surface area contributed by atoms with Crippen LogP contribution in [0.1, 0.15) is 44.5 Å². The van der Waals surface area contributed by atoms with Crippen LogP contribution in [0.25, 0.3) is 22.2 Å². The minimum Gasteiger partial charge on any atom is -0.494 e. The number of aliphatic hydroxyl groups excluding tert-OH is 1. The third-order valence-electron chi connectivity index (χ3n) is 5.46. The van der Waals surface area contributed by atoms with Crippen LogP contribution in [0, 0.1) is 5.41 Å². The summed E-state index contributed by atoms with van der Waals surface area (Å²) in [5.41, 5.74) is 6.44. The van der Waals surface area contributed by atoms with Crippen LogP contribution in [0.5, 0.6) is 5.75 Å². The van der Waals surface area contributed by atoms with E-state index in [4.69, 9.17) is 20.4 Å². The van der Waals surface area contributed by atoms with Gasteiger partial charge in [0.1, 0.15) is 11.8 Å². The molecular formula is C22H27N5O3. The van der Waals surface area contributed by atoms with Crippen molar-refractivity contribution < 1.29 is 14.4 Å². The van der Waals surface area contributed by atoms with Crippen LogP contribution in [0.15, 0.2) is 40.9 Å². The van der Waals surface area contributed by atoms with Crippen LogP contribution in [0.3, 0.4) is 0 Å². The van der Waals surface area contributed by atoms with Gasteiger partial charge in [0, 0.05) is 12.1 Å². The largest absolute Gasteiger partial charge is 0.494 e. The number of aliphatic hydroxyl groups is 1. The average molecular weight is 409 g/mol. The van der Waals surface area contributed by atoms with Crippen LogP contribution in [0.2, 0.25) is 0 Å². The summed E-state index contributed by atoms with van der Waals surface area (Å²) in [6.07, 6.45) is 3.21. The highest BCUT2D eigenvalue weighted by atomic mass is 16.5. The molecule has 1 fully saturated rings. The molecule has 8 heteroatoms. The van der Waals surface area contributed by atoms with Crippen LogP contribution < -0.4 is 10.5 Å². The lowest BCUT2D eigenvalue weighted by Gasteiger charge is -2.22. The second kappa shape index (κ2) is 8.71. The van der Waals surface area contributed by atoms with Gasteiger partial charge in [0.05, 0.1) is 12.7 Å². The van der Waals surface area contributed by atoms with E-state index in [2.05, 4.69) is 17.1 Å². The molecule has 1 unspecified atom stereocenters. The van der Waals surface area contributed by atoms with Gasteiger partial charge in [0.15, 0.2) is 5.96 Å². The Kier molecular flexibility index (Phi) is 5.85. The maximum Gasteiger partial charge on any atom is 0.252 e. The van der Waals surface area contributed by atoms with Gasteiger partial charge in [-0.1, -0.05) is 43.1 Å². The first kappa shape index (κ1) is 20.2. The first-order valence-electron chi connectivity index (χ1n) is 10.4. The average Bonchev–Trinajstić information content (AvgIpc) is 3.37. The predicted molar refractivity (Wildman–Crippen MR) is 114 cm³/mol. The number of unbranched alkanes of at least 4 members (excludes halogenated alkanes) is 2. The Morgan fingerprint density at radius 3 is 2.87 bits per heavy atom. The van der Waals surface area contributed by atoms with Gasteiger partial charge in [-0.05, 0) is 41.8 Å². The van der Waals surface area contributed by atoms with Gasteiger partial charge < -0.3 is 25.0 Å². The Morgan fingerprint density at radius 1 is 1.27 bits per heavy atom. The molecule has 0 aliphatic carbocycles. The SMILES string of the molecule is CCCCCOc1ccc2cc(-c3noc(C4[C@@H](O)CCN4C(=N)N)n3)ccc2c1. The number of rotatable bonds is 7. The third-order valence-corrected chi connectivity index (χ3v) is 5.46. The van der Waals surface area contributed by atoms with E-state index in [-0.39, 0.29) is 11.9 Å². The fourth-order valence-electron chi connectivity index (χ4n) is 3.81. The number of hydrogen-bond acceptors (Lipinski definition) is 6. The van der Waals surface area contributed by atoms with Gasteiger partial charge in [-0.15, -0.1) is 0 Å². The molecule has 4 N–H and O–H groups in total. The zero-order valence-corrected chi connectivity index (χ0v) is 17.0. The van der Waals surface area contributed by atoms with E-state index in [0.717, 1.165) is 35.1 Å². The molecule has 1 aliphatic heterocycles. The van der Waals surface area contributed by atoms with Crippen LogP contribution >= 0.6 is 0 Å². The molecule has 0 bridgehead atoms. The summed E-state index contributed by atoms with van der Waals surface area (Å²) in [6, 6.07) is 11.4. The molecule has 0 radical (unpaired) electrons. The van der Waals surface area contributed by atoms with E-state index in [1.807, 2.05) is 36.4 Å². The number of guanidine groups is 1. The van der Waals surface area contributed by atoms with Crippen LogP contribution in [0.4, 0.5) is 0 Å². The van der Waals surface area contributed by atoms with E-state index >= 15 is 0 Å². The molecule has 0 spiro atoms. The fourth-order valence-corrected chi connectivity index (χ4v) is 3.81. The van der Waals surface area contributed by atoms with E-state index in [0.29, 0.717) is 18.8 Å². The van der Waals surface area contributed by atoms with Gasteiger partial charge in [0.2, 0.25) is 5.82 Å². The molecule has 0 amide bonds. The van der Waals surface area contributed by atoms with Crippen molar-refractivity contribution in [1.29, 1.82) is 5.41 Å². The van der Waals surface area contributed by atoms with Crippen molar-refractivity contribution in [2.75, 3.05) is 13.2 Å². The lowest BCUT2D eigenvalue weighted by atomic mass is 10.1. The molecule has 2 heterocycles. The Hall–Kier alpha value is -3.13. The summed E-state index contributed by atoms with van der Waals surface area (Å²) in [5, 5.41) is 24.2. The Balaban J connectivity index is 1.53. The van der Waals surface area contributed by atoms with Crippen molar-refractivity contribution in [2.45, 2.75) is 44.8 Å². The Labute approximate surface area is 175 Å². The van der Waals surface area contributed by atoms with Gasteiger partial charge in [0.25, 0.3) is 5.89 Å². The van der Waals surface area contributed by atoms with Crippen molar-refractivity contribution in [3.63, 3.8) is 0 Å². The number of fused-ring (bicyclic) bond motifs is 1. The Morgan fingerprint density at radius 2 is 2.07 bits per heavy atom. The van der Waals surface area contributed by atoms with Crippen molar-refractivity contribution in [1.82, 2.24) is 15.0 Å². The number of hydrogen-bond donors (Lipinski definition) is 3. The molecular weight excluding hydrogens is 382 g/mol. The highest BCUT2D eigenvalue weighted by molar-refractivity contribution is 5.87. The number of likely N-dealkylation sites (tertiary alicyclic amines) is 1. The smallest absolute Gasteiger partial charge is 0.252 e. The Bertz CT molecular complexity index is 1030. The quantitative estimate of drug-likeness (QED) is 0.310. The number of ether oxygens (including phenoxy) is 1. The summed E-state index contributed by atoms with van der Waals surface area (Å²) < 4.78 is 11.2. The van der Waals surface area contributed by atoms with Gasteiger partial charge in [-0.25, -0.2) is 0 Å². The topological polar surface area (TPSA) is 121 Å². The van der Waals surface area contributed by atoms with Crippen LogP contribution in [-0.4, -0.2) is 45.4 Å². The minimum atomic E-state index is -0.699. The van der Waals surface area contributed by atoms with Crippen molar-refractivity contribution in [2.24, 2.45) is 5.73 Å². The molecule has 4 rings (SSSR count). The highest BCUT2D eigenvalue weighted by Crippen LogP contribution is 2.32. The van der Waals surface area contributed by atoms with Crippen molar-refractivity contribution in [3.05, 3.63) is 42.3 Å². The zero-order valence-electron chi connectivity index (χ0n) is 17.0. The third kappa shape index (κ3) is 4.09. The number of nitrogens with one attached hydrogen (secondary N) is 1. The zero-order chi connectivity index (χ0) is 21.1. The molecule has 1 aliphatic rings. The van der Waals surface area contributed by atoms with Gasteiger partial charge in [-0.2, -0.15) is 4.98 Å². The summed E-state index contributed by atoms with van der Waals surface area (Å²) in [5.74, 6) is 1.46. The lowest BCUT2D eigenvalue weighted by Crippen LogP contribution is -2.37. The lowest BCUT2D eigenvalue weighted by molar-refractivity contribution is 0.118. The van der Waals surface area contributed by atoms with Crippen LogP contribution in [-0.2, 0) is 0 Å². The molecule has 3 aromatic rings. The summed E-state index contributed by atoms with van der Waals surface area (Å²) in [4.78, 5) is 6.05. The number of aromatic nitrogens is 2. The van der Waals surface area contributed by atoms with E-state index in [1.165, 1.54) is 12.8 Å². The van der Waals surface area contributed by atoms with E-state index in [9.17, 15) is 5.11 Å².